The molecule has 0 saturated carbocycles. The smallest absolute Gasteiger partial charge is 0.397 e. The third-order valence-corrected chi connectivity index (χ3v) is 8.28. The number of esters is 1. The first-order valence-electron chi connectivity index (χ1n) is 17.7. The minimum Gasteiger partial charge on any atom is -0.458 e. The number of carbonyl (C=O) groups is 1. The van der Waals surface area contributed by atoms with Crippen molar-refractivity contribution in [2.75, 3.05) is 26.4 Å². The molecule has 0 amide bonds. The lowest BCUT2D eigenvalue weighted by Gasteiger charge is -2.41. The Morgan fingerprint density at radius 3 is 1.88 bits per heavy atom. The zero-order valence-corrected chi connectivity index (χ0v) is 29.8. The predicted octanol–water partition coefficient (Wildman–Crippen LogP) is 5.51. The molecule has 0 radical (unpaired) electrons. The molecule has 1 saturated heterocycles. The van der Waals surface area contributed by atoms with Crippen molar-refractivity contribution in [2.45, 2.75) is 153 Å². The summed E-state index contributed by atoms with van der Waals surface area (Å²) in [5.74, 6) is -0.581. The molecule has 0 aromatic carbocycles. The molecule has 0 bridgehead atoms. The summed E-state index contributed by atoms with van der Waals surface area (Å²) in [5.41, 5.74) is 0. The van der Waals surface area contributed by atoms with E-state index in [9.17, 15) is 28.5 Å². The predicted molar refractivity (Wildman–Crippen MR) is 183 cm³/mol. The van der Waals surface area contributed by atoms with Gasteiger partial charge in [-0.1, -0.05) is 101 Å². The third kappa shape index (κ3) is 22.9. The third-order valence-electron chi connectivity index (χ3n) is 7.82. The van der Waals surface area contributed by atoms with E-state index in [0.717, 1.165) is 44.9 Å². The summed E-state index contributed by atoms with van der Waals surface area (Å²) < 4.78 is 57.3. The molecular weight excluding hydrogens is 644 g/mol. The van der Waals surface area contributed by atoms with Gasteiger partial charge in [0.05, 0.1) is 19.8 Å². The average Bonchev–Trinajstić information content (AvgIpc) is 3.03. The lowest BCUT2D eigenvalue weighted by atomic mass is 9.99. The summed E-state index contributed by atoms with van der Waals surface area (Å²) in [6.07, 6.45) is 23.0. The molecule has 6 unspecified atom stereocenters. The Morgan fingerprint density at radius 2 is 1.33 bits per heavy atom. The molecule has 0 aliphatic carbocycles. The molecule has 4 N–H and O–H groups in total. The Balaban J connectivity index is 2.13. The van der Waals surface area contributed by atoms with Gasteiger partial charge in [-0.05, 0) is 44.9 Å². The fraction of sp³-hybridized carbons (Fsp3) is 0.800. The van der Waals surface area contributed by atoms with Gasteiger partial charge in [-0.3, -0.25) is 9.35 Å². The molecule has 1 heterocycles. The van der Waals surface area contributed by atoms with Gasteiger partial charge in [0.1, 0.15) is 30.5 Å². The number of aliphatic hydroxyl groups is 3. The van der Waals surface area contributed by atoms with Crippen LogP contribution in [-0.4, -0.2) is 97.5 Å². The first kappa shape index (κ1) is 44.3. The van der Waals surface area contributed by atoms with Crippen molar-refractivity contribution in [3.63, 3.8) is 0 Å². The molecule has 13 heteroatoms. The van der Waals surface area contributed by atoms with Crippen molar-refractivity contribution in [1.82, 2.24) is 0 Å². The van der Waals surface area contributed by atoms with Gasteiger partial charge >= 0.3 is 16.4 Å². The van der Waals surface area contributed by atoms with E-state index < -0.39 is 59.8 Å². The Morgan fingerprint density at radius 1 is 0.792 bits per heavy atom. The lowest BCUT2D eigenvalue weighted by molar-refractivity contribution is -0.301. The molecule has 0 aromatic rings. The molecule has 1 rings (SSSR count). The van der Waals surface area contributed by atoms with Gasteiger partial charge in [-0.25, -0.2) is 4.18 Å². The zero-order chi connectivity index (χ0) is 35.5. The van der Waals surface area contributed by atoms with Crippen LogP contribution in [0.1, 0.15) is 117 Å². The molecule has 12 nitrogen and oxygen atoms in total. The maximum Gasteiger partial charge on any atom is 0.397 e. The number of hydrogen-bond acceptors (Lipinski definition) is 11. The summed E-state index contributed by atoms with van der Waals surface area (Å²) in [4.78, 5) is 11.6. The van der Waals surface area contributed by atoms with E-state index in [-0.39, 0.29) is 13.2 Å². The molecule has 48 heavy (non-hydrogen) atoms. The molecule has 1 aliphatic heterocycles. The Bertz CT molecular complexity index is 1000. The summed E-state index contributed by atoms with van der Waals surface area (Å²) in [7, 11) is -5.04. The van der Waals surface area contributed by atoms with Crippen LogP contribution in [0.25, 0.3) is 0 Å². The van der Waals surface area contributed by atoms with Crippen molar-refractivity contribution in [3.05, 3.63) is 36.5 Å². The number of unbranched alkanes of at least 4 members (excludes halogenated alkanes) is 12. The van der Waals surface area contributed by atoms with Crippen LogP contribution in [0.15, 0.2) is 36.5 Å². The van der Waals surface area contributed by atoms with E-state index in [1.807, 2.05) is 0 Å². The highest BCUT2D eigenvalue weighted by Gasteiger charge is 2.48. The van der Waals surface area contributed by atoms with Crippen LogP contribution in [0.3, 0.4) is 0 Å². The summed E-state index contributed by atoms with van der Waals surface area (Å²) in [6.45, 7) is 2.89. The minimum atomic E-state index is -5.04. The standard InChI is InChI=1S/C35H62O12S/c1-3-4-5-6-7-8-9-10-11-12-13-14-15-16-17-18-19-20-21-22-23-24-25-43-27-30(45-29(2)37)28-44-35-33(39)34(47-48(40,41)42)32(38)31(26-36)46-35/h9-10,12-13,15-16,30-36,38-39H,3-8,11,14,17-28H2,1-2H3,(H,40,41,42)/b10-9-,13-12-,16-15-. The first-order valence-corrected chi connectivity index (χ1v) is 19.0. The fourth-order valence-electron chi connectivity index (χ4n) is 5.21. The van der Waals surface area contributed by atoms with E-state index in [4.69, 9.17) is 23.5 Å². The van der Waals surface area contributed by atoms with Crippen molar-refractivity contribution < 1.29 is 56.2 Å². The number of rotatable bonds is 29. The van der Waals surface area contributed by atoms with Crippen LogP contribution in [0.4, 0.5) is 0 Å². The van der Waals surface area contributed by atoms with Crippen molar-refractivity contribution in [3.8, 4) is 0 Å². The van der Waals surface area contributed by atoms with Gasteiger partial charge in [-0.2, -0.15) is 8.42 Å². The Kier molecular flexibility index (Phi) is 25.9. The van der Waals surface area contributed by atoms with E-state index in [2.05, 4.69) is 47.6 Å². The average molecular weight is 707 g/mol. The van der Waals surface area contributed by atoms with E-state index in [1.165, 1.54) is 64.7 Å². The molecule has 0 aromatic heterocycles. The van der Waals surface area contributed by atoms with Crippen LogP contribution in [0.5, 0.6) is 0 Å². The molecule has 280 valence electrons. The highest BCUT2D eigenvalue weighted by atomic mass is 32.3. The lowest BCUT2D eigenvalue weighted by Crippen LogP contribution is -2.60. The van der Waals surface area contributed by atoms with E-state index in [0.29, 0.717) is 6.61 Å². The maximum absolute atomic E-state index is 11.6. The maximum atomic E-state index is 11.6. The quantitative estimate of drug-likeness (QED) is 0.0332. The summed E-state index contributed by atoms with van der Waals surface area (Å²) in [5, 5.41) is 30.0. The van der Waals surface area contributed by atoms with Gasteiger partial charge in [0, 0.05) is 13.5 Å². The second-order valence-corrected chi connectivity index (χ2v) is 13.2. The van der Waals surface area contributed by atoms with Gasteiger partial charge in [0.2, 0.25) is 0 Å². The number of aliphatic hydroxyl groups excluding tert-OH is 3. The van der Waals surface area contributed by atoms with Crippen LogP contribution in [0, 0.1) is 0 Å². The summed E-state index contributed by atoms with van der Waals surface area (Å²) in [6, 6.07) is 0. The van der Waals surface area contributed by atoms with Gasteiger partial charge in [0.25, 0.3) is 0 Å². The van der Waals surface area contributed by atoms with Crippen LogP contribution >= 0.6 is 0 Å². The van der Waals surface area contributed by atoms with Gasteiger partial charge in [0.15, 0.2) is 6.29 Å². The Hall–Kier alpha value is -1.68. The largest absolute Gasteiger partial charge is 0.458 e. The Labute approximate surface area is 288 Å². The van der Waals surface area contributed by atoms with Crippen molar-refractivity contribution in [2.24, 2.45) is 0 Å². The second-order valence-electron chi connectivity index (χ2n) is 12.2. The van der Waals surface area contributed by atoms with Crippen molar-refractivity contribution in [1.29, 1.82) is 0 Å². The molecule has 6 atom stereocenters. The molecule has 1 aliphatic rings. The van der Waals surface area contributed by atoms with Gasteiger partial charge < -0.3 is 34.3 Å². The van der Waals surface area contributed by atoms with Crippen molar-refractivity contribution >= 4 is 16.4 Å². The monoisotopic (exact) mass is 706 g/mol. The number of allylic oxidation sites excluding steroid dienone is 6. The highest BCUT2D eigenvalue weighted by Crippen LogP contribution is 2.25. The van der Waals surface area contributed by atoms with Crippen LogP contribution in [0.2, 0.25) is 0 Å². The minimum absolute atomic E-state index is 0.0129. The normalized spacial score (nSPS) is 22.7. The van der Waals surface area contributed by atoms with Crippen LogP contribution in [-0.2, 0) is 38.3 Å². The molecule has 1 fully saturated rings. The van der Waals surface area contributed by atoms with Crippen LogP contribution < -0.4 is 0 Å². The molecular formula is C35H62O12S. The SMILES string of the molecule is CCCCCCC/C=C\C/C=C\C/C=C\CCCCCCCCCOCC(COC1OC(CO)C(O)C(OS(=O)(=O)O)C1O)OC(C)=O. The first-order chi connectivity index (χ1) is 23.1. The molecule has 0 spiro atoms. The number of ether oxygens (including phenoxy) is 4. The summed E-state index contributed by atoms with van der Waals surface area (Å²) >= 11 is 0. The topological polar surface area (TPSA) is 178 Å². The highest BCUT2D eigenvalue weighted by molar-refractivity contribution is 7.80. The second kappa shape index (κ2) is 28.1. The number of hydrogen-bond donors (Lipinski definition) is 4. The van der Waals surface area contributed by atoms with E-state index in [1.54, 1.807) is 0 Å². The van der Waals surface area contributed by atoms with E-state index >= 15 is 0 Å². The zero-order valence-electron chi connectivity index (χ0n) is 29.0. The van der Waals surface area contributed by atoms with Gasteiger partial charge in [-0.15, -0.1) is 0 Å². The fourth-order valence-corrected chi connectivity index (χ4v) is 5.71. The number of carbonyl (C=O) groups excluding carboxylic acids is 1.